The average molecular weight is 459 g/mol. The first-order valence-electron chi connectivity index (χ1n) is 11.3. The molecule has 1 fully saturated rings. The van der Waals surface area contributed by atoms with E-state index in [9.17, 15) is 13.2 Å². The van der Waals surface area contributed by atoms with Crippen LogP contribution >= 0.6 is 0 Å². The van der Waals surface area contributed by atoms with Crippen molar-refractivity contribution in [1.29, 1.82) is 0 Å². The van der Waals surface area contributed by atoms with Gasteiger partial charge in [-0.05, 0) is 50.1 Å². The van der Waals surface area contributed by atoms with Crippen LogP contribution in [-0.4, -0.2) is 56.4 Å². The Morgan fingerprint density at radius 1 is 0.969 bits per heavy atom. The summed E-state index contributed by atoms with van der Waals surface area (Å²) in [6.07, 6.45) is 3.90. The van der Waals surface area contributed by atoms with E-state index in [1.165, 1.54) is 0 Å². The van der Waals surface area contributed by atoms with Gasteiger partial charge in [0.2, 0.25) is 10.0 Å². The van der Waals surface area contributed by atoms with E-state index in [0.29, 0.717) is 56.5 Å². The van der Waals surface area contributed by atoms with Crippen LogP contribution in [0.1, 0.15) is 48.5 Å². The van der Waals surface area contributed by atoms with Gasteiger partial charge in [0.05, 0.1) is 4.90 Å². The third kappa shape index (κ3) is 4.76. The van der Waals surface area contributed by atoms with Crippen molar-refractivity contribution in [3.05, 3.63) is 53.6 Å². The van der Waals surface area contributed by atoms with Crippen molar-refractivity contribution in [3.8, 4) is 11.5 Å². The molecule has 2 heterocycles. The van der Waals surface area contributed by atoms with Crippen molar-refractivity contribution in [2.24, 2.45) is 0 Å². The molecule has 2 aliphatic rings. The molecule has 2 aromatic carbocycles. The molecule has 32 heavy (non-hydrogen) atoms. The Morgan fingerprint density at radius 2 is 1.66 bits per heavy atom. The van der Waals surface area contributed by atoms with Crippen LogP contribution in [-0.2, 0) is 16.6 Å². The Hall–Kier alpha value is -2.58. The summed E-state index contributed by atoms with van der Waals surface area (Å²) in [5, 5.41) is 0. The van der Waals surface area contributed by atoms with Crippen molar-refractivity contribution >= 4 is 15.9 Å². The molecule has 2 aliphatic heterocycles. The number of carbonyl (C=O) groups excluding carboxylic acids is 1. The summed E-state index contributed by atoms with van der Waals surface area (Å²) in [5.74, 6) is 1.23. The molecule has 0 N–H and O–H groups in total. The minimum atomic E-state index is -3.53. The number of hydrogen-bond donors (Lipinski definition) is 0. The molecule has 8 heteroatoms. The maximum atomic E-state index is 13.2. The van der Waals surface area contributed by atoms with Gasteiger partial charge < -0.3 is 14.4 Å². The highest BCUT2D eigenvalue weighted by Crippen LogP contribution is 2.34. The second-order valence-corrected chi connectivity index (χ2v) is 10.0. The first kappa shape index (κ1) is 22.6. The number of nitrogens with zero attached hydrogens (tertiary/aromatic N) is 2. The second-order valence-electron chi connectivity index (χ2n) is 8.10. The highest BCUT2D eigenvalue weighted by atomic mass is 32.2. The quantitative estimate of drug-likeness (QED) is 0.660. The maximum absolute atomic E-state index is 13.2. The van der Waals surface area contributed by atoms with E-state index in [1.807, 2.05) is 25.1 Å². The molecule has 0 radical (unpaired) electrons. The van der Waals surface area contributed by atoms with Crippen LogP contribution in [0, 0.1) is 0 Å². The molecule has 0 spiro atoms. The number of amides is 1. The number of rotatable bonds is 6. The van der Waals surface area contributed by atoms with E-state index in [-0.39, 0.29) is 10.8 Å². The lowest BCUT2D eigenvalue weighted by atomic mass is 10.1. The molecule has 2 aromatic rings. The number of para-hydroxylation sites is 1. The smallest absolute Gasteiger partial charge is 0.254 e. The largest absolute Gasteiger partial charge is 0.486 e. The van der Waals surface area contributed by atoms with Gasteiger partial charge in [-0.1, -0.05) is 25.0 Å². The van der Waals surface area contributed by atoms with Gasteiger partial charge in [-0.2, -0.15) is 4.31 Å². The van der Waals surface area contributed by atoms with Gasteiger partial charge in [0.15, 0.2) is 11.5 Å². The highest BCUT2D eigenvalue weighted by molar-refractivity contribution is 7.89. The molecule has 0 saturated carbocycles. The summed E-state index contributed by atoms with van der Waals surface area (Å²) in [6, 6.07) is 12.0. The molecule has 172 valence electrons. The van der Waals surface area contributed by atoms with Gasteiger partial charge in [-0.15, -0.1) is 0 Å². The topological polar surface area (TPSA) is 76.1 Å². The fourth-order valence-corrected chi connectivity index (χ4v) is 5.69. The van der Waals surface area contributed by atoms with Crippen LogP contribution in [0.3, 0.4) is 0 Å². The zero-order valence-corrected chi connectivity index (χ0v) is 19.3. The highest BCUT2D eigenvalue weighted by Gasteiger charge is 2.26. The van der Waals surface area contributed by atoms with Crippen molar-refractivity contribution < 1.29 is 22.7 Å². The normalized spacial score (nSPS) is 16.9. The summed E-state index contributed by atoms with van der Waals surface area (Å²) in [4.78, 5) is 15.1. The first-order chi connectivity index (χ1) is 15.5. The molecule has 0 unspecified atom stereocenters. The van der Waals surface area contributed by atoms with E-state index in [2.05, 4.69) is 0 Å². The minimum Gasteiger partial charge on any atom is -0.486 e. The Balaban J connectivity index is 1.50. The predicted molar refractivity (Wildman–Crippen MR) is 122 cm³/mol. The lowest BCUT2D eigenvalue weighted by Gasteiger charge is -2.25. The zero-order valence-electron chi connectivity index (χ0n) is 18.5. The molecule has 0 aliphatic carbocycles. The van der Waals surface area contributed by atoms with E-state index >= 15 is 0 Å². The fraction of sp³-hybridized carbons (Fsp3) is 0.458. The van der Waals surface area contributed by atoms with Gasteiger partial charge in [0.25, 0.3) is 5.91 Å². The van der Waals surface area contributed by atoms with Crippen LogP contribution in [0.2, 0.25) is 0 Å². The SMILES string of the molecule is CCN(Cc1cccc2c1OCCO2)C(=O)c1ccc(S(=O)(=O)N2CCCCCC2)cc1. The van der Waals surface area contributed by atoms with Crippen LogP contribution in [0.25, 0.3) is 0 Å². The summed E-state index contributed by atoms with van der Waals surface area (Å²) >= 11 is 0. The van der Waals surface area contributed by atoms with Gasteiger partial charge in [-0.3, -0.25) is 4.79 Å². The monoisotopic (exact) mass is 458 g/mol. The van der Waals surface area contributed by atoms with Crippen LogP contribution < -0.4 is 9.47 Å². The number of benzene rings is 2. The molecule has 7 nitrogen and oxygen atoms in total. The number of sulfonamides is 1. The fourth-order valence-electron chi connectivity index (χ4n) is 4.17. The van der Waals surface area contributed by atoms with Gasteiger partial charge in [-0.25, -0.2) is 8.42 Å². The van der Waals surface area contributed by atoms with E-state index in [4.69, 9.17) is 9.47 Å². The third-order valence-electron chi connectivity index (χ3n) is 5.98. The maximum Gasteiger partial charge on any atom is 0.254 e. The summed E-state index contributed by atoms with van der Waals surface area (Å²) in [6.45, 7) is 4.92. The second kappa shape index (κ2) is 9.92. The Kier molecular flexibility index (Phi) is 7.01. The Labute approximate surface area is 190 Å². The predicted octanol–water partition coefficient (Wildman–Crippen LogP) is 3.68. The molecule has 1 saturated heterocycles. The first-order valence-corrected chi connectivity index (χ1v) is 12.7. The number of hydrogen-bond acceptors (Lipinski definition) is 5. The molecule has 1 amide bonds. The summed E-state index contributed by atoms with van der Waals surface area (Å²) < 4.78 is 39.0. The average Bonchev–Trinajstić information content (AvgIpc) is 3.12. The number of carbonyl (C=O) groups is 1. The molecule has 4 rings (SSSR count). The minimum absolute atomic E-state index is 0.152. The molecular weight excluding hydrogens is 428 g/mol. The van der Waals surface area contributed by atoms with Crippen LogP contribution in [0.15, 0.2) is 47.4 Å². The van der Waals surface area contributed by atoms with E-state index in [0.717, 1.165) is 31.2 Å². The summed E-state index contributed by atoms with van der Waals surface area (Å²) in [7, 11) is -3.53. The van der Waals surface area contributed by atoms with E-state index < -0.39 is 10.0 Å². The van der Waals surface area contributed by atoms with Crippen LogP contribution in [0.5, 0.6) is 11.5 Å². The van der Waals surface area contributed by atoms with Crippen molar-refractivity contribution in [2.75, 3.05) is 32.8 Å². The molecule has 0 aromatic heterocycles. The van der Waals surface area contributed by atoms with Gasteiger partial charge >= 0.3 is 0 Å². The standard InChI is InChI=1S/C24H30N2O5S/c1-2-25(18-20-8-7-9-22-23(20)31-17-16-30-22)24(27)19-10-12-21(13-11-19)32(28,29)26-14-5-3-4-6-15-26/h7-13H,2-6,14-18H2,1H3. The number of ether oxygens (including phenoxy) is 2. The van der Waals surface area contributed by atoms with Crippen LogP contribution in [0.4, 0.5) is 0 Å². The molecular formula is C24H30N2O5S. The Morgan fingerprint density at radius 3 is 2.34 bits per heavy atom. The number of fused-ring (bicyclic) bond motifs is 1. The van der Waals surface area contributed by atoms with Crippen molar-refractivity contribution in [1.82, 2.24) is 9.21 Å². The lowest BCUT2D eigenvalue weighted by Crippen LogP contribution is -2.32. The molecule has 0 atom stereocenters. The van der Waals surface area contributed by atoms with Gasteiger partial charge in [0.1, 0.15) is 13.2 Å². The molecule has 0 bridgehead atoms. The third-order valence-corrected chi connectivity index (χ3v) is 7.89. The Bertz CT molecular complexity index is 1040. The van der Waals surface area contributed by atoms with Crippen molar-refractivity contribution in [3.63, 3.8) is 0 Å². The zero-order chi connectivity index (χ0) is 22.6. The van der Waals surface area contributed by atoms with Crippen molar-refractivity contribution in [2.45, 2.75) is 44.0 Å². The lowest BCUT2D eigenvalue weighted by molar-refractivity contribution is 0.0749. The van der Waals surface area contributed by atoms with E-state index in [1.54, 1.807) is 33.5 Å². The summed E-state index contributed by atoms with van der Waals surface area (Å²) in [5.41, 5.74) is 1.35. The van der Waals surface area contributed by atoms with Gasteiger partial charge in [0, 0.05) is 37.3 Å².